The van der Waals surface area contributed by atoms with Crippen molar-refractivity contribution in [3.05, 3.63) is 29.3 Å². The molecule has 1 amide bonds. The second kappa shape index (κ2) is 5.73. The number of carbonyl (C=O) groups excluding carboxylic acids is 1. The molecule has 1 aromatic rings. The van der Waals surface area contributed by atoms with Gasteiger partial charge in [0.05, 0.1) is 6.61 Å². The Kier molecular flexibility index (Phi) is 4.03. The third-order valence-corrected chi connectivity index (χ3v) is 4.90. The van der Waals surface area contributed by atoms with Gasteiger partial charge >= 0.3 is 6.09 Å². The van der Waals surface area contributed by atoms with Crippen LogP contribution in [0, 0.1) is 0 Å². The lowest BCUT2D eigenvalue weighted by atomic mass is 9.74. The fraction of sp³-hybridized carbons (Fsp3) is 0.632. The summed E-state index contributed by atoms with van der Waals surface area (Å²) in [6.45, 7) is 10.1. The number of hydrogen-bond acceptors (Lipinski definition) is 3. The lowest BCUT2D eigenvalue weighted by molar-refractivity contribution is 0.0152. The zero-order valence-corrected chi connectivity index (χ0v) is 14.6. The maximum absolute atomic E-state index is 12.2. The van der Waals surface area contributed by atoms with Gasteiger partial charge < -0.3 is 14.4 Å². The highest BCUT2D eigenvalue weighted by Crippen LogP contribution is 2.46. The van der Waals surface area contributed by atoms with Gasteiger partial charge in [0.15, 0.2) is 0 Å². The predicted octanol–water partition coefficient (Wildman–Crippen LogP) is 3.91. The molecule has 0 bridgehead atoms. The summed E-state index contributed by atoms with van der Waals surface area (Å²) in [7, 11) is 0. The Labute approximate surface area is 138 Å². The van der Waals surface area contributed by atoms with Gasteiger partial charge in [-0.3, -0.25) is 0 Å². The van der Waals surface area contributed by atoms with Crippen molar-refractivity contribution in [2.45, 2.75) is 58.0 Å². The van der Waals surface area contributed by atoms with E-state index >= 15 is 0 Å². The Hall–Kier alpha value is -1.71. The van der Waals surface area contributed by atoms with E-state index in [0.29, 0.717) is 0 Å². The highest BCUT2D eigenvalue weighted by molar-refractivity contribution is 5.68. The lowest BCUT2D eigenvalue weighted by Gasteiger charge is -2.39. The van der Waals surface area contributed by atoms with Crippen LogP contribution in [-0.4, -0.2) is 36.3 Å². The van der Waals surface area contributed by atoms with Gasteiger partial charge in [0.25, 0.3) is 0 Å². The maximum Gasteiger partial charge on any atom is 0.410 e. The van der Waals surface area contributed by atoms with Crippen LogP contribution < -0.4 is 4.74 Å². The van der Waals surface area contributed by atoms with Crippen LogP contribution >= 0.6 is 0 Å². The first-order chi connectivity index (χ1) is 10.8. The molecule has 2 heterocycles. The maximum atomic E-state index is 12.2. The third kappa shape index (κ3) is 3.17. The largest absolute Gasteiger partial charge is 0.492 e. The molecule has 1 fully saturated rings. The first-order valence-corrected chi connectivity index (χ1v) is 8.57. The molecule has 0 atom stereocenters. The number of benzene rings is 1. The van der Waals surface area contributed by atoms with Gasteiger partial charge in [-0.15, -0.1) is 0 Å². The van der Waals surface area contributed by atoms with E-state index in [2.05, 4.69) is 25.1 Å². The van der Waals surface area contributed by atoms with Gasteiger partial charge in [0, 0.05) is 24.1 Å². The number of hydrogen-bond donors (Lipinski definition) is 0. The molecule has 23 heavy (non-hydrogen) atoms. The number of likely N-dealkylation sites (tertiary alicyclic amines) is 1. The molecule has 1 saturated heterocycles. The van der Waals surface area contributed by atoms with Crippen molar-refractivity contribution in [1.29, 1.82) is 0 Å². The van der Waals surface area contributed by atoms with Gasteiger partial charge in [-0.2, -0.15) is 0 Å². The van der Waals surface area contributed by atoms with E-state index in [-0.39, 0.29) is 11.5 Å². The van der Waals surface area contributed by atoms with E-state index in [1.807, 2.05) is 25.7 Å². The van der Waals surface area contributed by atoms with Crippen LogP contribution in [0.5, 0.6) is 5.75 Å². The average molecular weight is 317 g/mol. The number of nitrogens with zero attached hydrogens (tertiary/aromatic N) is 1. The van der Waals surface area contributed by atoms with Crippen molar-refractivity contribution in [2.75, 3.05) is 19.7 Å². The topological polar surface area (TPSA) is 38.8 Å². The Morgan fingerprint density at radius 3 is 2.61 bits per heavy atom. The van der Waals surface area contributed by atoms with E-state index in [4.69, 9.17) is 9.47 Å². The number of rotatable bonds is 1. The van der Waals surface area contributed by atoms with Crippen molar-refractivity contribution in [1.82, 2.24) is 4.90 Å². The number of carbonyl (C=O) groups is 1. The fourth-order valence-corrected chi connectivity index (χ4v) is 3.49. The molecule has 4 heteroatoms. The SMILES string of the molecule is CCc1ccc2c(c1)C1(CCN(C(=O)OC(C)(C)C)CC1)CO2. The van der Waals surface area contributed by atoms with Crippen LogP contribution in [0.15, 0.2) is 18.2 Å². The lowest BCUT2D eigenvalue weighted by Crippen LogP contribution is -2.47. The van der Waals surface area contributed by atoms with Crippen molar-refractivity contribution >= 4 is 6.09 Å². The monoisotopic (exact) mass is 317 g/mol. The van der Waals surface area contributed by atoms with E-state index in [1.54, 1.807) is 0 Å². The molecule has 3 rings (SSSR count). The number of aryl methyl sites for hydroxylation is 1. The van der Waals surface area contributed by atoms with Gasteiger partial charge in [-0.05, 0) is 51.7 Å². The molecular formula is C19H27NO3. The summed E-state index contributed by atoms with van der Waals surface area (Å²) in [5.41, 5.74) is 2.31. The third-order valence-electron chi connectivity index (χ3n) is 4.90. The summed E-state index contributed by atoms with van der Waals surface area (Å²) >= 11 is 0. The highest BCUT2D eigenvalue weighted by Gasteiger charge is 2.44. The molecule has 0 aliphatic carbocycles. The predicted molar refractivity (Wildman–Crippen MR) is 90.0 cm³/mol. The number of fused-ring (bicyclic) bond motifs is 2. The number of ether oxygens (including phenoxy) is 2. The Morgan fingerprint density at radius 2 is 2.00 bits per heavy atom. The minimum absolute atomic E-state index is 0.0685. The van der Waals surface area contributed by atoms with Crippen LogP contribution in [0.4, 0.5) is 4.79 Å². The smallest absolute Gasteiger partial charge is 0.410 e. The van der Waals surface area contributed by atoms with Crippen LogP contribution in [0.1, 0.15) is 51.7 Å². The number of amides is 1. The van der Waals surface area contributed by atoms with Gasteiger partial charge in [-0.25, -0.2) is 4.79 Å². The van der Waals surface area contributed by atoms with Crippen molar-refractivity contribution in [3.8, 4) is 5.75 Å². The van der Waals surface area contributed by atoms with E-state index in [0.717, 1.165) is 44.7 Å². The zero-order valence-electron chi connectivity index (χ0n) is 14.6. The summed E-state index contributed by atoms with van der Waals surface area (Å²) in [5.74, 6) is 1.02. The van der Waals surface area contributed by atoms with Crippen molar-refractivity contribution in [2.24, 2.45) is 0 Å². The minimum Gasteiger partial charge on any atom is -0.492 e. The quantitative estimate of drug-likeness (QED) is 0.788. The Bertz CT molecular complexity index is 595. The van der Waals surface area contributed by atoms with Crippen molar-refractivity contribution in [3.63, 3.8) is 0 Å². The molecule has 0 N–H and O–H groups in total. The fourth-order valence-electron chi connectivity index (χ4n) is 3.49. The number of piperidine rings is 1. The van der Waals surface area contributed by atoms with Crippen LogP contribution in [-0.2, 0) is 16.6 Å². The van der Waals surface area contributed by atoms with E-state index in [9.17, 15) is 4.79 Å². The van der Waals surface area contributed by atoms with Crippen LogP contribution in [0.25, 0.3) is 0 Å². The Balaban J connectivity index is 1.72. The summed E-state index contributed by atoms with van der Waals surface area (Å²) in [4.78, 5) is 14.1. The molecule has 0 unspecified atom stereocenters. The zero-order chi connectivity index (χ0) is 16.7. The first kappa shape index (κ1) is 16.2. The molecule has 126 valence electrons. The molecule has 1 aromatic carbocycles. The summed E-state index contributed by atoms with van der Waals surface area (Å²) < 4.78 is 11.4. The van der Waals surface area contributed by atoms with Gasteiger partial charge in [0.1, 0.15) is 11.4 Å². The normalized spacial score (nSPS) is 19.4. The first-order valence-electron chi connectivity index (χ1n) is 8.57. The highest BCUT2D eigenvalue weighted by atomic mass is 16.6. The summed E-state index contributed by atoms with van der Waals surface area (Å²) in [6, 6.07) is 6.54. The van der Waals surface area contributed by atoms with Gasteiger partial charge in [0.2, 0.25) is 0 Å². The average Bonchev–Trinajstić information content (AvgIpc) is 2.84. The second-order valence-corrected chi connectivity index (χ2v) is 7.72. The molecule has 4 nitrogen and oxygen atoms in total. The molecule has 0 aromatic heterocycles. The molecular weight excluding hydrogens is 290 g/mol. The van der Waals surface area contributed by atoms with Crippen molar-refractivity contribution < 1.29 is 14.3 Å². The summed E-state index contributed by atoms with van der Waals surface area (Å²) in [5, 5.41) is 0. The Morgan fingerprint density at radius 1 is 1.30 bits per heavy atom. The molecule has 1 spiro atoms. The van der Waals surface area contributed by atoms with E-state index < -0.39 is 5.60 Å². The standard InChI is InChI=1S/C19H27NO3/c1-5-14-6-7-16-15(12-14)19(13-22-16)8-10-20(11-9-19)17(21)23-18(2,3)4/h6-7,12H,5,8-11,13H2,1-4H3. The molecule has 2 aliphatic rings. The molecule has 0 radical (unpaired) electrons. The minimum atomic E-state index is -0.439. The van der Waals surface area contributed by atoms with Crippen LogP contribution in [0.2, 0.25) is 0 Å². The molecule has 0 saturated carbocycles. The second-order valence-electron chi connectivity index (χ2n) is 7.72. The van der Waals surface area contributed by atoms with E-state index in [1.165, 1.54) is 11.1 Å². The van der Waals surface area contributed by atoms with Gasteiger partial charge in [-0.1, -0.05) is 19.1 Å². The molecule has 2 aliphatic heterocycles. The van der Waals surface area contributed by atoms with Crippen LogP contribution in [0.3, 0.4) is 0 Å². The summed E-state index contributed by atoms with van der Waals surface area (Å²) in [6.07, 6.45) is 2.71.